The quantitative estimate of drug-likeness (QED) is 0.190. The second-order valence-electron chi connectivity index (χ2n) is 12.8. The Bertz CT molecular complexity index is 3100. The van der Waals surface area contributed by atoms with Crippen molar-refractivity contribution in [2.24, 2.45) is 0 Å². The molecule has 0 aliphatic heterocycles. The molecule has 51 heavy (non-hydrogen) atoms. The molecule has 0 aliphatic carbocycles. The van der Waals surface area contributed by atoms with Crippen LogP contribution in [0, 0.1) is 0 Å². The van der Waals surface area contributed by atoms with Crippen molar-refractivity contribution in [1.29, 1.82) is 0 Å². The maximum atomic E-state index is 6.34. The maximum Gasteiger partial charge on any atom is 0.238 e. The number of para-hydroxylation sites is 5. The van der Waals surface area contributed by atoms with Gasteiger partial charge in [-0.2, -0.15) is 9.97 Å². The van der Waals surface area contributed by atoms with E-state index in [-0.39, 0.29) is 0 Å². The fraction of sp³-hybridized carbons (Fsp3) is 0. The average Bonchev–Trinajstić information content (AvgIpc) is 3.86. The smallest absolute Gasteiger partial charge is 0.238 e. The molecule has 0 bridgehead atoms. The van der Waals surface area contributed by atoms with E-state index in [2.05, 4.69) is 143 Å². The van der Waals surface area contributed by atoms with Crippen molar-refractivity contribution < 1.29 is 4.42 Å². The number of rotatable bonds is 4. The highest BCUT2D eigenvalue weighted by Crippen LogP contribution is 2.41. The molecule has 11 aromatic rings. The van der Waals surface area contributed by atoms with Gasteiger partial charge in [0, 0.05) is 43.4 Å². The standard InChI is InChI=1S/C45H27N5O/c1-2-14-28(15-3-1)43-46-44(32-19-7-12-24-37(32)49-34-21-9-4-16-29(34)30-17-5-10-22-35(30)49)48-45(47-43)50-36-23-11-6-18-31(36)41-38(50)26-27-40-42(41)33-20-8-13-25-39(33)51-40/h1-27H. The van der Waals surface area contributed by atoms with Gasteiger partial charge in [-0.25, -0.2) is 4.98 Å². The second kappa shape index (κ2) is 10.7. The topological polar surface area (TPSA) is 61.7 Å². The Morgan fingerprint density at radius 1 is 0.373 bits per heavy atom. The Balaban J connectivity index is 1.23. The molecule has 238 valence electrons. The molecule has 4 heterocycles. The van der Waals surface area contributed by atoms with E-state index in [1.54, 1.807) is 0 Å². The minimum absolute atomic E-state index is 0.550. The van der Waals surface area contributed by atoms with Crippen LogP contribution in [0.4, 0.5) is 0 Å². The van der Waals surface area contributed by atoms with Crippen LogP contribution in [0.15, 0.2) is 168 Å². The first-order chi connectivity index (χ1) is 25.3. The molecule has 0 spiro atoms. The normalized spacial score (nSPS) is 11.9. The van der Waals surface area contributed by atoms with Crippen molar-refractivity contribution >= 4 is 65.6 Å². The Labute approximate surface area is 291 Å². The van der Waals surface area contributed by atoms with E-state index in [1.807, 2.05) is 30.3 Å². The first-order valence-corrected chi connectivity index (χ1v) is 17.0. The largest absolute Gasteiger partial charge is 0.456 e. The molecule has 0 fully saturated rings. The third-order valence-electron chi connectivity index (χ3n) is 10.00. The van der Waals surface area contributed by atoms with E-state index >= 15 is 0 Å². The average molecular weight is 654 g/mol. The fourth-order valence-corrected chi connectivity index (χ4v) is 7.83. The lowest BCUT2D eigenvalue weighted by Crippen LogP contribution is -2.07. The molecular weight excluding hydrogens is 627 g/mol. The molecule has 0 unspecified atom stereocenters. The van der Waals surface area contributed by atoms with Crippen LogP contribution in [-0.4, -0.2) is 24.1 Å². The summed E-state index contributed by atoms with van der Waals surface area (Å²) in [5.74, 6) is 1.75. The van der Waals surface area contributed by atoms with Crippen LogP contribution < -0.4 is 0 Å². The minimum atomic E-state index is 0.550. The zero-order valence-corrected chi connectivity index (χ0v) is 27.2. The van der Waals surface area contributed by atoms with Crippen LogP contribution in [-0.2, 0) is 0 Å². The van der Waals surface area contributed by atoms with Gasteiger partial charge < -0.3 is 8.98 Å². The maximum absolute atomic E-state index is 6.34. The summed E-state index contributed by atoms with van der Waals surface area (Å²) in [6, 6.07) is 56.6. The van der Waals surface area contributed by atoms with Crippen molar-refractivity contribution in [3.63, 3.8) is 0 Å². The number of nitrogens with zero attached hydrogens (tertiary/aromatic N) is 5. The lowest BCUT2D eigenvalue weighted by Gasteiger charge is -2.15. The van der Waals surface area contributed by atoms with Crippen LogP contribution in [0.1, 0.15) is 0 Å². The van der Waals surface area contributed by atoms with Crippen molar-refractivity contribution in [2.75, 3.05) is 0 Å². The van der Waals surface area contributed by atoms with Crippen molar-refractivity contribution in [1.82, 2.24) is 24.1 Å². The predicted octanol–water partition coefficient (Wildman–Crippen LogP) is 11.3. The number of furan rings is 1. The zero-order chi connectivity index (χ0) is 33.5. The van der Waals surface area contributed by atoms with Crippen LogP contribution in [0.25, 0.3) is 100.0 Å². The van der Waals surface area contributed by atoms with E-state index in [0.29, 0.717) is 17.6 Å². The third kappa shape index (κ3) is 4.07. The lowest BCUT2D eigenvalue weighted by molar-refractivity contribution is 0.669. The monoisotopic (exact) mass is 653 g/mol. The van der Waals surface area contributed by atoms with E-state index < -0.39 is 0 Å². The van der Waals surface area contributed by atoms with Crippen LogP contribution in [0.3, 0.4) is 0 Å². The highest BCUT2D eigenvalue weighted by atomic mass is 16.3. The summed E-state index contributed by atoms with van der Waals surface area (Å²) >= 11 is 0. The Hall–Kier alpha value is -7.05. The number of benzene rings is 7. The summed E-state index contributed by atoms with van der Waals surface area (Å²) in [6.45, 7) is 0. The molecule has 0 radical (unpaired) electrons. The van der Waals surface area contributed by atoms with Crippen LogP contribution >= 0.6 is 0 Å². The van der Waals surface area contributed by atoms with Gasteiger partial charge in [0.1, 0.15) is 11.2 Å². The molecule has 0 aliphatic rings. The van der Waals surface area contributed by atoms with E-state index in [1.165, 1.54) is 10.8 Å². The first-order valence-electron chi connectivity index (χ1n) is 17.0. The summed E-state index contributed by atoms with van der Waals surface area (Å²) < 4.78 is 10.8. The molecule has 0 saturated carbocycles. The van der Waals surface area contributed by atoms with Gasteiger partial charge >= 0.3 is 0 Å². The molecular formula is C45H27N5O. The summed E-state index contributed by atoms with van der Waals surface area (Å²) in [4.78, 5) is 15.7. The fourth-order valence-electron chi connectivity index (χ4n) is 7.83. The summed E-state index contributed by atoms with van der Waals surface area (Å²) in [6.07, 6.45) is 0. The Morgan fingerprint density at radius 2 is 0.961 bits per heavy atom. The van der Waals surface area contributed by atoms with Gasteiger partial charge in [-0.15, -0.1) is 0 Å². The van der Waals surface area contributed by atoms with Gasteiger partial charge in [0.15, 0.2) is 11.6 Å². The van der Waals surface area contributed by atoms with Gasteiger partial charge in [-0.3, -0.25) is 4.57 Å². The minimum Gasteiger partial charge on any atom is -0.456 e. The molecule has 6 heteroatoms. The first kappa shape index (κ1) is 27.9. The summed E-state index contributed by atoms with van der Waals surface area (Å²) in [5.41, 5.74) is 8.82. The molecule has 0 N–H and O–H groups in total. The van der Waals surface area contributed by atoms with Gasteiger partial charge in [-0.1, -0.05) is 115 Å². The molecule has 11 rings (SSSR count). The molecule has 4 aromatic heterocycles. The van der Waals surface area contributed by atoms with Crippen molar-refractivity contribution in [2.45, 2.75) is 0 Å². The van der Waals surface area contributed by atoms with Gasteiger partial charge in [0.25, 0.3) is 0 Å². The van der Waals surface area contributed by atoms with E-state index in [4.69, 9.17) is 19.4 Å². The SMILES string of the molecule is c1ccc(-c2nc(-c3ccccc3-n3c4ccccc4c4ccccc43)nc(-n3c4ccccc4c4c5c(ccc43)oc3ccccc35)n2)cc1. The lowest BCUT2D eigenvalue weighted by atomic mass is 10.1. The predicted molar refractivity (Wildman–Crippen MR) is 207 cm³/mol. The highest BCUT2D eigenvalue weighted by molar-refractivity contribution is 6.27. The number of hydrogen-bond donors (Lipinski definition) is 0. The van der Waals surface area contributed by atoms with E-state index in [0.717, 1.165) is 71.6 Å². The second-order valence-corrected chi connectivity index (χ2v) is 12.8. The van der Waals surface area contributed by atoms with Gasteiger partial charge in [0.05, 0.1) is 27.8 Å². The number of fused-ring (bicyclic) bond motifs is 10. The third-order valence-corrected chi connectivity index (χ3v) is 10.00. The van der Waals surface area contributed by atoms with Crippen LogP contribution in [0.2, 0.25) is 0 Å². The van der Waals surface area contributed by atoms with Crippen LogP contribution in [0.5, 0.6) is 0 Å². The number of hydrogen-bond acceptors (Lipinski definition) is 4. The summed E-state index contributed by atoms with van der Waals surface area (Å²) in [7, 11) is 0. The van der Waals surface area contributed by atoms with Crippen molar-refractivity contribution in [3.05, 3.63) is 164 Å². The van der Waals surface area contributed by atoms with Crippen molar-refractivity contribution in [3.8, 4) is 34.4 Å². The Kier molecular flexibility index (Phi) is 5.86. The molecule has 0 amide bonds. The molecule has 0 atom stereocenters. The Morgan fingerprint density at radius 3 is 1.73 bits per heavy atom. The zero-order valence-electron chi connectivity index (χ0n) is 27.2. The summed E-state index contributed by atoms with van der Waals surface area (Å²) in [5, 5.41) is 6.80. The number of aromatic nitrogens is 5. The highest BCUT2D eigenvalue weighted by Gasteiger charge is 2.23. The molecule has 7 aromatic carbocycles. The van der Waals surface area contributed by atoms with Gasteiger partial charge in [0.2, 0.25) is 5.95 Å². The molecule has 6 nitrogen and oxygen atoms in total. The molecule has 0 saturated heterocycles. The van der Waals surface area contributed by atoms with E-state index in [9.17, 15) is 0 Å². The van der Waals surface area contributed by atoms with Gasteiger partial charge in [-0.05, 0) is 48.5 Å².